The summed E-state index contributed by atoms with van der Waals surface area (Å²) in [5.74, 6) is 0. The summed E-state index contributed by atoms with van der Waals surface area (Å²) in [5, 5.41) is 9.47. The molecule has 0 spiro atoms. The van der Waals surface area contributed by atoms with Crippen LogP contribution in [0.15, 0.2) is 217 Å². The molecule has 0 amide bonds. The number of benzene rings is 10. The molecule has 0 N–H and O–H groups in total. The van der Waals surface area contributed by atoms with Crippen molar-refractivity contribution < 1.29 is 4.42 Å². The molecule has 0 unspecified atom stereocenters. The number of para-hydroxylation sites is 1. The van der Waals surface area contributed by atoms with Gasteiger partial charge in [0.05, 0.1) is 5.69 Å². The van der Waals surface area contributed by atoms with Gasteiger partial charge >= 0.3 is 0 Å². The third-order valence-corrected chi connectivity index (χ3v) is 11.2. The van der Waals surface area contributed by atoms with E-state index < -0.39 is 0 Å². The zero-order valence-corrected chi connectivity index (χ0v) is 30.6. The van der Waals surface area contributed by atoms with Crippen molar-refractivity contribution in [1.29, 1.82) is 0 Å². The molecule has 0 atom stereocenters. The molecule has 11 rings (SSSR count). The molecule has 0 aliphatic heterocycles. The van der Waals surface area contributed by atoms with Gasteiger partial charge in [-0.1, -0.05) is 176 Å². The van der Waals surface area contributed by atoms with Gasteiger partial charge in [-0.25, -0.2) is 0 Å². The van der Waals surface area contributed by atoms with E-state index >= 15 is 0 Å². The van der Waals surface area contributed by atoms with Crippen LogP contribution in [0.1, 0.15) is 0 Å². The molecule has 2 nitrogen and oxygen atoms in total. The van der Waals surface area contributed by atoms with Crippen LogP contribution in [0.3, 0.4) is 0 Å². The molecule has 0 saturated heterocycles. The summed E-state index contributed by atoms with van der Waals surface area (Å²) in [4.78, 5) is 2.41. The van der Waals surface area contributed by atoms with Crippen molar-refractivity contribution in [3.05, 3.63) is 212 Å². The van der Waals surface area contributed by atoms with E-state index in [0.717, 1.165) is 60.9 Å². The Bertz CT molecular complexity index is 3230. The van der Waals surface area contributed by atoms with Crippen molar-refractivity contribution in [2.24, 2.45) is 0 Å². The highest BCUT2D eigenvalue weighted by Crippen LogP contribution is 2.46. The van der Waals surface area contributed by atoms with Gasteiger partial charge < -0.3 is 9.32 Å². The maximum Gasteiger partial charge on any atom is 0.143 e. The summed E-state index contributed by atoms with van der Waals surface area (Å²) < 4.78 is 6.87. The van der Waals surface area contributed by atoms with Crippen molar-refractivity contribution in [2.75, 3.05) is 4.90 Å². The van der Waals surface area contributed by atoms with E-state index in [4.69, 9.17) is 4.42 Å². The minimum atomic E-state index is 0.903. The van der Waals surface area contributed by atoms with E-state index in [-0.39, 0.29) is 0 Å². The van der Waals surface area contributed by atoms with Crippen molar-refractivity contribution in [3.8, 4) is 33.4 Å². The molecule has 0 bridgehead atoms. The summed E-state index contributed by atoms with van der Waals surface area (Å²) in [5.41, 5.74) is 12.0. The summed E-state index contributed by atoms with van der Waals surface area (Å²) in [6, 6.07) is 76.4. The Kier molecular flexibility index (Phi) is 7.53. The van der Waals surface area contributed by atoms with Gasteiger partial charge in [0.25, 0.3) is 0 Å². The molecule has 262 valence electrons. The summed E-state index contributed by atoms with van der Waals surface area (Å²) in [7, 11) is 0. The fraction of sp³-hybridized carbons (Fsp3) is 0. The molecule has 10 aromatic carbocycles. The van der Waals surface area contributed by atoms with E-state index in [2.05, 4.69) is 217 Å². The van der Waals surface area contributed by atoms with E-state index in [9.17, 15) is 0 Å². The first-order valence-corrected chi connectivity index (χ1v) is 19.2. The van der Waals surface area contributed by atoms with Crippen LogP contribution in [0, 0.1) is 0 Å². The van der Waals surface area contributed by atoms with Crippen LogP contribution >= 0.6 is 0 Å². The van der Waals surface area contributed by atoms with Crippen LogP contribution < -0.4 is 4.90 Å². The zero-order chi connectivity index (χ0) is 37.0. The van der Waals surface area contributed by atoms with Crippen molar-refractivity contribution >= 4 is 71.3 Å². The number of nitrogens with zero attached hydrogens (tertiary/aromatic N) is 1. The molecule has 0 radical (unpaired) electrons. The van der Waals surface area contributed by atoms with E-state index in [1.165, 1.54) is 43.8 Å². The first-order chi connectivity index (χ1) is 27.8. The fourth-order valence-electron chi connectivity index (χ4n) is 8.51. The van der Waals surface area contributed by atoms with Gasteiger partial charge in [-0.2, -0.15) is 0 Å². The standard InChI is InChI=1S/C54H35NO/c1-3-13-36(14-4-1)40-18-11-19-44(34-40)55(43-30-27-37(28-31-43)41-29-32-46-42(33-41)26-25-39-17-7-8-20-45(39)46)52-35-51-50-24-12-23-47(38-15-5-2-6-16-38)53(50)56-54(51)49-22-10-9-21-48(49)52/h1-35H. The Balaban J connectivity index is 1.11. The van der Waals surface area contributed by atoms with Crippen LogP contribution in [0.2, 0.25) is 0 Å². The topological polar surface area (TPSA) is 16.4 Å². The Hall–Kier alpha value is -7.42. The normalized spacial score (nSPS) is 11.6. The molecule has 0 aliphatic rings. The lowest BCUT2D eigenvalue weighted by atomic mass is 9.97. The van der Waals surface area contributed by atoms with E-state index in [1.807, 2.05) is 0 Å². The van der Waals surface area contributed by atoms with Gasteiger partial charge in [0.1, 0.15) is 11.2 Å². The first-order valence-electron chi connectivity index (χ1n) is 19.2. The monoisotopic (exact) mass is 713 g/mol. The smallest absolute Gasteiger partial charge is 0.143 e. The third-order valence-electron chi connectivity index (χ3n) is 11.2. The quantitative estimate of drug-likeness (QED) is 0.160. The van der Waals surface area contributed by atoms with Crippen molar-refractivity contribution in [3.63, 3.8) is 0 Å². The van der Waals surface area contributed by atoms with Crippen LogP contribution in [0.4, 0.5) is 17.1 Å². The van der Waals surface area contributed by atoms with Crippen LogP contribution in [-0.4, -0.2) is 0 Å². The molecule has 56 heavy (non-hydrogen) atoms. The highest BCUT2D eigenvalue weighted by molar-refractivity contribution is 6.21. The minimum Gasteiger partial charge on any atom is -0.455 e. The highest BCUT2D eigenvalue weighted by atomic mass is 16.3. The predicted octanol–water partition coefficient (Wildman–Crippen LogP) is 15.5. The van der Waals surface area contributed by atoms with Crippen molar-refractivity contribution in [2.45, 2.75) is 0 Å². The van der Waals surface area contributed by atoms with Crippen LogP contribution in [0.5, 0.6) is 0 Å². The number of fused-ring (bicyclic) bond motifs is 8. The molecule has 11 aromatic rings. The molecular formula is C54H35NO. The Morgan fingerprint density at radius 3 is 1.68 bits per heavy atom. The number of hydrogen-bond donors (Lipinski definition) is 0. The Morgan fingerprint density at radius 1 is 0.286 bits per heavy atom. The number of anilines is 3. The third kappa shape index (κ3) is 5.34. The summed E-state index contributed by atoms with van der Waals surface area (Å²) >= 11 is 0. The number of furan rings is 1. The fourth-order valence-corrected chi connectivity index (χ4v) is 8.51. The van der Waals surface area contributed by atoms with Gasteiger partial charge in [0, 0.05) is 38.5 Å². The minimum absolute atomic E-state index is 0.903. The molecule has 0 fully saturated rings. The van der Waals surface area contributed by atoms with E-state index in [1.54, 1.807) is 0 Å². The molecule has 2 heteroatoms. The lowest BCUT2D eigenvalue weighted by molar-refractivity contribution is 0.674. The largest absolute Gasteiger partial charge is 0.455 e. The van der Waals surface area contributed by atoms with Crippen LogP contribution in [0.25, 0.3) is 87.6 Å². The van der Waals surface area contributed by atoms with Crippen LogP contribution in [-0.2, 0) is 0 Å². The maximum atomic E-state index is 6.87. The lowest BCUT2D eigenvalue weighted by Crippen LogP contribution is -2.10. The molecular weight excluding hydrogens is 679 g/mol. The summed E-state index contributed by atoms with van der Waals surface area (Å²) in [6.45, 7) is 0. The highest BCUT2D eigenvalue weighted by Gasteiger charge is 2.22. The first kappa shape index (κ1) is 32.0. The second-order valence-electron chi connectivity index (χ2n) is 14.5. The van der Waals surface area contributed by atoms with Gasteiger partial charge in [-0.3, -0.25) is 0 Å². The number of hydrogen-bond acceptors (Lipinski definition) is 2. The van der Waals surface area contributed by atoms with Gasteiger partial charge in [0.2, 0.25) is 0 Å². The average Bonchev–Trinajstić information content (AvgIpc) is 3.66. The number of rotatable bonds is 6. The second kappa shape index (κ2) is 13.2. The average molecular weight is 714 g/mol. The maximum absolute atomic E-state index is 6.87. The summed E-state index contributed by atoms with van der Waals surface area (Å²) in [6.07, 6.45) is 0. The zero-order valence-electron chi connectivity index (χ0n) is 30.6. The van der Waals surface area contributed by atoms with Gasteiger partial charge in [-0.15, -0.1) is 0 Å². The lowest BCUT2D eigenvalue weighted by Gasteiger charge is -2.28. The SMILES string of the molecule is c1ccc(-c2cccc(N(c3ccc(-c4ccc5c(ccc6ccccc65)c4)cc3)c3cc4c5cccc(-c6ccccc6)c5oc4c4ccccc34)c2)cc1. The van der Waals surface area contributed by atoms with Crippen molar-refractivity contribution in [1.82, 2.24) is 0 Å². The molecule has 0 aliphatic carbocycles. The second-order valence-corrected chi connectivity index (χ2v) is 14.5. The molecule has 0 saturated carbocycles. The van der Waals surface area contributed by atoms with E-state index in [0.29, 0.717) is 0 Å². The Morgan fingerprint density at radius 2 is 0.857 bits per heavy atom. The van der Waals surface area contributed by atoms with Gasteiger partial charge in [0.15, 0.2) is 0 Å². The predicted molar refractivity (Wildman–Crippen MR) is 237 cm³/mol. The van der Waals surface area contributed by atoms with Gasteiger partial charge in [-0.05, 0) is 85.8 Å². The molecule has 1 aromatic heterocycles. The molecule has 1 heterocycles. The Labute approximate surface area is 325 Å².